The molecule has 0 radical (unpaired) electrons. The van der Waals surface area contributed by atoms with Gasteiger partial charge in [-0.25, -0.2) is 14.2 Å². The molecule has 5 rings (SSSR count). The van der Waals surface area contributed by atoms with E-state index in [1.165, 1.54) is 18.2 Å². The molecule has 1 aliphatic carbocycles. The van der Waals surface area contributed by atoms with Crippen LogP contribution in [0.3, 0.4) is 0 Å². The summed E-state index contributed by atoms with van der Waals surface area (Å²) in [6.07, 6.45) is 0. The number of hydrogen-bond donors (Lipinski definition) is 4. The van der Waals surface area contributed by atoms with Crippen LogP contribution in [0, 0.1) is 5.82 Å². The fourth-order valence-electron chi connectivity index (χ4n) is 3.48. The fourth-order valence-corrected chi connectivity index (χ4v) is 3.48. The number of carbonyl (C=O) groups excluding carboxylic acids is 1. The summed E-state index contributed by atoms with van der Waals surface area (Å²) in [4.78, 5) is 35.3. The number of nitrogens with one attached hydrogen (secondary N) is 4. The number of anilines is 2. The summed E-state index contributed by atoms with van der Waals surface area (Å²) in [6.45, 7) is 0. The average molecular weight is 413 g/mol. The third-order valence-corrected chi connectivity index (χ3v) is 4.84. The van der Waals surface area contributed by atoms with Gasteiger partial charge in [-0.05, 0) is 42.5 Å². The largest absolute Gasteiger partial charge is 0.338 e. The van der Waals surface area contributed by atoms with Crippen molar-refractivity contribution < 1.29 is 9.18 Å². The fraction of sp³-hybridized carbons (Fsp3) is 0. The van der Waals surface area contributed by atoms with Crippen molar-refractivity contribution in [3.05, 3.63) is 89.0 Å². The van der Waals surface area contributed by atoms with E-state index in [9.17, 15) is 14.0 Å². The van der Waals surface area contributed by atoms with Gasteiger partial charge in [-0.2, -0.15) is 0 Å². The second-order valence-corrected chi connectivity index (χ2v) is 6.97. The van der Waals surface area contributed by atoms with Crippen LogP contribution in [0.15, 0.2) is 77.6 Å². The molecule has 152 valence electrons. The van der Waals surface area contributed by atoms with Gasteiger partial charge in [0, 0.05) is 22.6 Å². The topological polar surface area (TPSA) is 103 Å². The van der Waals surface area contributed by atoms with Crippen LogP contribution in [-0.2, 0) is 0 Å². The number of benzene rings is 2. The molecule has 0 spiro atoms. The molecule has 2 amide bonds. The minimum Gasteiger partial charge on any atom is -0.338 e. The van der Waals surface area contributed by atoms with Crippen LogP contribution in [0.4, 0.5) is 20.6 Å². The van der Waals surface area contributed by atoms with Gasteiger partial charge in [0.05, 0.1) is 16.6 Å². The Bertz CT molecular complexity index is 1460. The lowest BCUT2D eigenvalue weighted by atomic mass is 10.1. The summed E-state index contributed by atoms with van der Waals surface area (Å²) in [7, 11) is 0. The van der Waals surface area contributed by atoms with Crippen molar-refractivity contribution in [3.63, 3.8) is 0 Å². The minimum atomic E-state index is -0.504. The zero-order valence-corrected chi connectivity index (χ0v) is 16.1. The van der Waals surface area contributed by atoms with E-state index in [-0.39, 0.29) is 5.56 Å². The van der Waals surface area contributed by atoms with Gasteiger partial charge < -0.3 is 20.6 Å². The molecule has 1 aliphatic heterocycles. The third kappa shape index (κ3) is 3.62. The third-order valence-electron chi connectivity index (χ3n) is 4.84. The van der Waals surface area contributed by atoms with Crippen LogP contribution < -0.4 is 16.2 Å². The molecule has 0 saturated heterocycles. The Morgan fingerprint density at radius 1 is 0.871 bits per heavy atom. The summed E-state index contributed by atoms with van der Waals surface area (Å²) < 4.78 is 13.3. The van der Waals surface area contributed by atoms with Crippen molar-refractivity contribution in [3.8, 4) is 22.6 Å². The lowest BCUT2D eigenvalue weighted by molar-refractivity contribution is 0.262. The molecular weight excluding hydrogens is 397 g/mol. The van der Waals surface area contributed by atoms with Crippen molar-refractivity contribution in [2.45, 2.75) is 0 Å². The van der Waals surface area contributed by atoms with Crippen molar-refractivity contribution >= 4 is 28.4 Å². The molecule has 0 unspecified atom stereocenters. The molecule has 8 heteroatoms. The highest BCUT2D eigenvalue weighted by atomic mass is 19.1. The van der Waals surface area contributed by atoms with E-state index in [0.29, 0.717) is 33.8 Å². The first-order valence-corrected chi connectivity index (χ1v) is 9.51. The van der Waals surface area contributed by atoms with E-state index >= 15 is 0 Å². The molecule has 0 fully saturated rings. The number of amides is 2. The molecule has 7 nitrogen and oxygen atoms in total. The number of fused-ring (bicyclic) bond motifs is 2. The Morgan fingerprint density at radius 3 is 2.52 bits per heavy atom. The maximum atomic E-state index is 13.3. The molecule has 3 aromatic rings. The Kier molecular flexibility index (Phi) is 4.44. The standard InChI is InChI=1S/C23H16FN5O2/c24-13-5-4-6-14(11-13)25-23(31)26-15-9-10-18-19(12-15)28-21(27-18)20-16-7-2-1-3-8-17(16)29-22(20)30/h1-12H,(H,27,28)(H,29,30)(H2,25,26,31). The number of hydrogen-bond acceptors (Lipinski definition) is 3. The zero-order valence-electron chi connectivity index (χ0n) is 16.1. The van der Waals surface area contributed by atoms with Crippen molar-refractivity contribution in [1.82, 2.24) is 15.0 Å². The predicted octanol–water partition coefficient (Wildman–Crippen LogP) is 4.81. The minimum absolute atomic E-state index is 0.229. The van der Waals surface area contributed by atoms with Crippen molar-refractivity contribution in [1.29, 1.82) is 0 Å². The monoisotopic (exact) mass is 413 g/mol. The summed E-state index contributed by atoms with van der Waals surface area (Å²) in [6, 6.07) is 19.6. The van der Waals surface area contributed by atoms with Gasteiger partial charge in [-0.1, -0.05) is 30.3 Å². The quantitative estimate of drug-likeness (QED) is 0.341. The molecule has 0 bridgehead atoms. The second kappa shape index (κ2) is 7.42. The molecule has 0 saturated carbocycles. The summed E-state index contributed by atoms with van der Waals surface area (Å²) in [5.41, 5.74) is 3.90. The first-order valence-electron chi connectivity index (χ1n) is 9.51. The SMILES string of the molecule is O=C(Nc1cccc(F)c1)Nc1ccc2nc(-c3c4cccccc-4[nH]c3=O)[nH]c2c1. The molecule has 2 heterocycles. The Morgan fingerprint density at radius 2 is 1.68 bits per heavy atom. The van der Waals surface area contributed by atoms with Gasteiger partial charge in [0.25, 0.3) is 5.56 Å². The smallest absolute Gasteiger partial charge is 0.323 e. The van der Waals surface area contributed by atoms with E-state index in [4.69, 9.17) is 0 Å². The maximum Gasteiger partial charge on any atom is 0.323 e. The van der Waals surface area contributed by atoms with Gasteiger partial charge in [-0.3, -0.25) is 4.79 Å². The molecule has 2 aromatic carbocycles. The van der Waals surface area contributed by atoms with Crippen molar-refractivity contribution in [2.24, 2.45) is 0 Å². The number of imidazole rings is 1. The number of aromatic amines is 2. The summed E-state index contributed by atoms with van der Waals surface area (Å²) >= 11 is 0. The molecule has 2 aliphatic rings. The van der Waals surface area contributed by atoms with E-state index in [1.54, 1.807) is 24.3 Å². The highest BCUT2D eigenvalue weighted by Crippen LogP contribution is 2.29. The number of halogens is 1. The zero-order chi connectivity index (χ0) is 21.4. The summed E-state index contributed by atoms with van der Waals surface area (Å²) in [5, 5.41) is 5.28. The van der Waals surface area contributed by atoms with Gasteiger partial charge in [-0.15, -0.1) is 0 Å². The van der Waals surface area contributed by atoms with Crippen LogP contribution in [0.5, 0.6) is 0 Å². The highest BCUT2D eigenvalue weighted by Gasteiger charge is 2.18. The van der Waals surface area contributed by atoms with Crippen molar-refractivity contribution in [2.75, 3.05) is 10.6 Å². The Hall–Kier alpha value is -4.46. The number of aromatic nitrogens is 3. The number of H-pyrrole nitrogens is 2. The maximum absolute atomic E-state index is 13.3. The molecule has 1 aromatic heterocycles. The first kappa shape index (κ1) is 18.6. The van der Waals surface area contributed by atoms with Gasteiger partial charge in [0.2, 0.25) is 0 Å². The average Bonchev–Trinajstić information content (AvgIpc) is 3.19. The van der Waals surface area contributed by atoms with E-state index < -0.39 is 11.8 Å². The molecule has 0 atom stereocenters. The second-order valence-electron chi connectivity index (χ2n) is 6.97. The van der Waals surface area contributed by atoms with Crippen LogP contribution >= 0.6 is 0 Å². The molecule has 31 heavy (non-hydrogen) atoms. The number of carbonyl (C=O) groups is 1. The first-order chi connectivity index (χ1) is 15.1. The van der Waals surface area contributed by atoms with E-state index in [0.717, 1.165) is 11.3 Å². The lowest BCUT2D eigenvalue weighted by Gasteiger charge is -2.07. The molecular formula is C23H16FN5O2. The van der Waals surface area contributed by atoms with Crippen LogP contribution in [0.2, 0.25) is 0 Å². The highest BCUT2D eigenvalue weighted by molar-refractivity contribution is 6.01. The predicted molar refractivity (Wildman–Crippen MR) is 118 cm³/mol. The number of urea groups is 1. The summed E-state index contributed by atoms with van der Waals surface area (Å²) in [5.74, 6) is 0.00615. The van der Waals surface area contributed by atoms with E-state index in [2.05, 4.69) is 25.6 Å². The van der Waals surface area contributed by atoms with Gasteiger partial charge in [0.1, 0.15) is 11.6 Å². The van der Waals surface area contributed by atoms with E-state index in [1.807, 2.05) is 30.3 Å². The lowest BCUT2D eigenvalue weighted by Crippen LogP contribution is -2.19. The van der Waals surface area contributed by atoms with Gasteiger partial charge >= 0.3 is 6.03 Å². The van der Waals surface area contributed by atoms with Crippen LogP contribution in [-0.4, -0.2) is 21.0 Å². The number of rotatable bonds is 3. The Labute approximate surface area is 175 Å². The van der Waals surface area contributed by atoms with Gasteiger partial charge in [0.15, 0.2) is 0 Å². The van der Waals surface area contributed by atoms with Crippen LogP contribution in [0.1, 0.15) is 0 Å². The van der Waals surface area contributed by atoms with Crippen LogP contribution in [0.25, 0.3) is 33.7 Å². The number of nitrogens with zero attached hydrogens (tertiary/aromatic N) is 1. The Balaban J connectivity index is 1.43. The normalized spacial score (nSPS) is 11.0. The molecule has 4 N–H and O–H groups in total.